The van der Waals surface area contributed by atoms with E-state index in [1.807, 2.05) is 0 Å². The van der Waals surface area contributed by atoms with Crippen LogP contribution < -0.4 is 4.74 Å². The van der Waals surface area contributed by atoms with Crippen LogP contribution in [0.5, 0.6) is 5.75 Å². The first kappa shape index (κ1) is 15.3. The number of benzene rings is 1. The summed E-state index contributed by atoms with van der Waals surface area (Å²) in [6.45, 7) is 0.745. The molecule has 1 saturated heterocycles. The molecule has 0 aliphatic carbocycles. The van der Waals surface area contributed by atoms with Gasteiger partial charge < -0.3 is 19.7 Å². The minimum absolute atomic E-state index is 0.313. The van der Waals surface area contributed by atoms with Crippen molar-refractivity contribution < 1.29 is 24.5 Å². The quantitative estimate of drug-likeness (QED) is 0.875. The van der Waals surface area contributed by atoms with E-state index >= 15 is 0 Å². The molecule has 2 rings (SSSR count). The fourth-order valence-corrected chi connectivity index (χ4v) is 3.12. The summed E-state index contributed by atoms with van der Waals surface area (Å²) in [5, 5.41) is 20.2. The number of halogens is 1. The number of hydrogen-bond acceptors (Lipinski definition) is 4. The molecule has 6 heteroatoms. The van der Waals surface area contributed by atoms with Gasteiger partial charge in [0.15, 0.2) is 0 Å². The maximum absolute atomic E-state index is 11.6. The van der Waals surface area contributed by atoms with Crippen LogP contribution in [0, 0.1) is 0 Å². The van der Waals surface area contributed by atoms with Crippen molar-refractivity contribution >= 4 is 21.9 Å². The van der Waals surface area contributed by atoms with Crippen molar-refractivity contribution in [1.82, 2.24) is 0 Å². The number of hydrogen-bond donors (Lipinski definition) is 2. The van der Waals surface area contributed by atoms with Gasteiger partial charge in [-0.05, 0) is 33.6 Å². The molecule has 0 amide bonds. The Kier molecular flexibility index (Phi) is 4.67. The van der Waals surface area contributed by atoms with Gasteiger partial charge >= 0.3 is 5.97 Å². The molecule has 20 heavy (non-hydrogen) atoms. The first-order chi connectivity index (χ1) is 9.48. The number of carboxylic acids is 1. The Morgan fingerprint density at radius 3 is 2.60 bits per heavy atom. The lowest BCUT2D eigenvalue weighted by atomic mass is 9.77. The maximum Gasteiger partial charge on any atom is 0.313 e. The van der Waals surface area contributed by atoms with Gasteiger partial charge in [-0.25, -0.2) is 0 Å². The molecule has 1 unspecified atom stereocenters. The molecule has 0 saturated carbocycles. The van der Waals surface area contributed by atoms with E-state index in [-0.39, 0.29) is 0 Å². The molecule has 0 aromatic heterocycles. The van der Waals surface area contributed by atoms with Crippen LogP contribution in [-0.2, 0) is 9.53 Å². The number of ether oxygens (including phenoxy) is 2. The van der Waals surface area contributed by atoms with E-state index in [1.54, 1.807) is 25.3 Å². The SMILES string of the molecule is COc1ccc(C(C(=O)O)C2(O)CCOCC2)cc1Br. The summed E-state index contributed by atoms with van der Waals surface area (Å²) in [7, 11) is 1.54. The predicted molar refractivity (Wildman–Crippen MR) is 76.1 cm³/mol. The zero-order valence-electron chi connectivity index (χ0n) is 11.1. The number of methoxy groups -OCH3 is 1. The Hall–Kier alpha value is -1.11. The second-order valence-electron chi connectivity index (χ2n) is 4.88. The highest BCUT2D eigenvalue weighted by Crippen LogP contribution is 2.38. The molecule has 5 nitrogen and oxygen atoms in total. The third kappa shape index (κ3) is 2.97. The van der Waals surface area contributed by atoms with Gasteiger partial charge in [0.2, 0.25) is 0 Å². The Morgan fingerprint density at radius 2 is 2.10 bits per heavy atom. The number of rotatable bonds is 4. The van der Waals surface area contributed by atoms with Crippen LogP contribution in [0.3, 0.4) is 0 Å². The van der Waals surface area contributed by atoms with Crippen LogP contribution in [0.4, 0.5) is 0 Å². The van der Waals surface area contributed by atoms with E-state index in [0.717, 1.165) is 0 Å². The Bertz CT molecular complexity index is 496. The number of aliphatic carboxylic acids is 1. The minimum Gasteiger partial charge on any atom is -0.496 e. The highest BCUT2D eigenvalue weighted by molar-refractivity contribution is 9.10. The van der Waals surface area contributed by atoms with Gasteiger partial charge in [-0.2, -0.15) is 0 Å². The van der Waals surface area contributed by atoms with Gasteiger partial charge in [0.25, 0.3) is 0 Å². The monoisotopic (exact) mass is 344 g/mol. The molecule has 1 aliphatic rings. The Balaban J connectivity index is 2.38. The summed E-state index contributed by atoms with van der Waals surface area (Å²) in [6, 6.07) is 5.05. The molecule has 1 atom stereocenters. The number of carboxylic acid groups (broad SMARTS) is 1. The van der Waals surface area contributed by atoms with Gasteiger partial charge in [-0.15, -0.1) is 0 Å². The first-order valence-corrected chi connectivity index (χ1v) is 7.13. The van der Waals surface area contributed by atoms with Crippen molar-refractivity contribution in [2.75, 3.05) is 20.3 Å². The van der Waals surface area contributed by atoms with Crippen molar-refractivity contribution in [2.45, 2.75) is 24.4 Å². The van der Waals surface area contributed by atoms with Crippen molar-refractivity contribution in [1.29, 1.82) is 0 Å². The molecule has 1 aromatic carbocycles. The summed E-state index contributed by atoms with van der Waals surface area (Å²) in [5.74, 6) is -1.39. The van der Waals surface area contributed by atoms with E-state index in [0.29, 0.717) is 41.8 Å². The van der Waals surface area contributed by atoms with Crippen LogP contribution in [-0.4, -0.2) is 42.1 Å². The molecular weight excluding hydrogens is 328 g/mol. The van der Waals surface area contributed by atoms with Gasteiger partial charge in [-0.3, -0.25) is 4.79 Å². The normalized spacial score (nSPS) is 19.4. The lowest BCUT2D eigenvalue weighted by Gasteiger charge is -2.37. The van der Waals surface area contributed by atoms with E-state index in [4.69, 9.17) is 9.47 Å². The molecule has 2 N–H and O–H groups in total. The summed E-state index contributed by atoms with van der Waals surface area (Å²) in [6.07, 6.45) is 0.626. The molecular formula is C14H17BrO5. The van der Waals surface area contributed by atoms with E-state index in [9.17, 15) is 15.0 Å². The van der Waals surface area contributed by atoms with Crippen molar-refractivity contribution in [3.8, 4) is 5.75 Å². The average Bonchev–Trinajstić information content (AvgIpc) is 2.39. The van der Waals surface area contributed by atoms with Crippen LogP contribution >= 0.6 is 15.9 Å². The predicted octanol–water partition coefficient (Wildman–Crippen LogP) is 2.17. The third-order valence-corrected chi connectivity index (χ3v) is 4.27. The molecule has 1 heterocycles. The lowest BCUT2D eigenvalue weighted by Crippen LogP contribution is -2.45. The van der Waals surface area contributed by atoms with Crippen LogP contribution in [0.15, 0.2) is 22.7 Å². The molecule has 1 fully saturated rings. The fourth-order valence-electron chi connectivity index (χ4n) is 2.56. The second-order valence-corrected chi connectivity index (χ2v) is 5.74. The van der Waals surface area contributed by atoms with Crippen LogP contribution in [0.1, 0.15) is 24.3 Å². The summed E-state index contributed by atoms with van der Waals surface area (Å²) >= 11 is 3.34. The molecule has 110 valence electrons. The number of carbonyl (C=O) groups is 1. The summed E-state index contributed by atoms with van der Waals surface area (Å²) in [5.41, 5.74) is -0.729. The molecule has 0 spiro atoms. The maximum atomic E-state index is 11.6. The van der Waals surface area contributed by atoms with E-state index in [2.05, 4.69) is 15.9 Å². The van der Waals surface area contributed by atoms with Crippen molar-refractivity contribution in [2.24, 2.45) is 0 Å². The van der Waals surface area contributed by atoms with Crippen molar-refractivity contribution in [3.05, 3.63) is 28.2 Å². The molecule has 0 bridgehead atoms. The van der Waals surface area contributed by atoms with Gasteiger partial charge in [0.1, 0.15) is 11.7 Å². The second kappa shape index (κ2) is 6.11. The Labute approximate surface area is 125 Å². The smallest absolute Gasteiger partial charge is 0.313 e. The number of aliphatic hydroxyl groups is 1. The van der Waals surface area contributed by atoms with Gasteiger partial charge in [-0.1, -0.05) is 6.07 Å². The molecule has 0 radical (unpaired) electrons. The fraction of sp³-hybridized carbons (Fsp3) is 0.500. The summed E-state index contributed by atoms with van der Waals surface area (Å²) < 4.78 is 11.0. The standard InChI is InChI=1S/C14H17BrO5/c1-19-11-3-2-9(8-10(11)15)12(13(16)17)14(18)4-6-20-7-5-14/h2-3,8,12,18H,4-7H2,1H3,(H,16,17). The minimum atomic E-state index is -1.28. The van der Waals surface area contributed by atoms with Gasteiger partial charge in [0, 0.05) is 26.1 Å². The molecule has 1 aliphatic heterocycles. The molecule has 1 aromatic rings. The van der Waals surface area contributed by atoms with E-state index in [1.165, 1.54) is 0 Å². The third-order valence-electron chi connectivity index (χ3n) is 3.65. The van der Waals surface area contributed by atoms with Crippen LogP contribution in [0.25, 0.3) is 0 Å². The van der Waals surface area contributed by atoms with Crippen molar-refractivity contribution in [3.63, 3.8) is 0 Å². The first-order valence-electron chi connectivity index (χ1n) is 6.34. The summed E-state index contributed by atoms with van der Waals surface area (Å²) in [4.78, 5) is 11.6. The Morgan fingerprint density at radius 1 is 1.45 bits per heavy atom. The zero-order valence-corrected chi connectivity index (χ0v) is 12.7. The van der Waals surface area contributed by atoms with Gasteiger partial charge in [0.05, 0.1) is 17.2 Å². The topological polar surface area (TPSA) is 76.0 Å². The largest absolute Gasteiger partial charge is 0.496 e. The average molecular weight is 345 g/mol. The van der Waals surface area contributed by atoms with E-state index < -0.39 is 17.5 Å². The lowest BCUT2D eigenvalue weighted by molar-refractivity contribution is -0.151. The van der Waals surface area contributed by atoms with Crippen LogP contribution in [0.2, 0.25) is 0 Å². The highest BCUT2D eigenvalue weighted by atomic mass is 79.9. The highest BCUT2D eigenvalue weighted by Gasteiger charge is 2.43. The zero-order chi connectivity index (χ0) is 14.8.